The van der Waals surface area contributed by atoms with Gasteiger partial charge >= 0.3 is 0 Å². The predicted octanol–water partition coefficient (Wildman–Crippen LogP) is 6.15. The fraction of sp³-hybridized carbons (Fsp3) is 0.182. The highest BCUT2D eigenvalue weighted by molar-refractivity contribution is 6.30. The minimum absolute atomic E-state index is 0.156. The lowest BCUT2D eigenvalue weighted by atomic mass is 9.55. The molecule has 0 aromatic heterocycles. The number of hydrogen-bond acceptors (Lipinski definition) is 5. The summed E-state index contributed by atoms with van der Waals surface area (Å²) in [7, 11) is 1.56. The Bertz CT molecular complexity index is 1570. The number of nitrogens with zero attached hydrogens (tertiary/aromatic N) is 2. The van der Waals surface area contributed by atoms with Gasteiger partial charge in [0, 0.05) is 16.9 Å². The van der Waals surface area contributed by atoms with Crippen LogP contribution < -0.4 is 9.47 Å². The smallest absolute Gasteiger partial charge is 0.254 e. The second-order valence-electron chi connectivity index (χ2n) is 10.3. The molecule has 4 aromatic rings. The van der Waals surface area contributed by atoms with E-state index in [-0.39, 0.29) is 23.7 Å². The molecule has 2 bridgehead atoms. The standard InChI is InChI=1S/C33H25ClN2O4/c1-39-27-16-20(12-15-26(27)40-18-19-10-13-21(34)14-11-19)17-35-36-32(37)30-28-22-6-2-3-7-23(22)29(31(30)33(36)38)25-9-5-4-8-24(25)28/h2-17,28-31H,18H2,1H3/b35-17-/t28?,29?,30-,31-/m0/s1. The van der Waals surface area contributed by atoms with Crippen molar-refractivity contribution in [2.75, 3.05) is 7.11 Å². The number of hydrogen-bond donors (Lipinski definition) is 0. The molecule has 0 radical (unpaired) electrons. The van der Waals surface area contributed by atoms with Crippen LogP contribution in [0.15, 0.2) is 96.1 Å². The SMILES string of the molecule is COc1cc(/C=N\N2C(=O)[C@H]3C4c5ccccc5C(c5ccccc54)[C@@H]3C2=O)ccc1OCc1ccc(Cl)cc1. The molecule has 6 nitrogen and oxygen atoms in total. The van der Waals surface area contributed by atoms with Gasteiger partial charge in [-0.1, -0.05) is 72.3 Å². The molecule has 0 unspecified atom stereocenters. The fourth-order valence-electron chi connectivity index (χ4n) is 6.53. The van der Waals surface area contributed by atoms with Crippen LogP contribution in [-0.4, -0.2) is 30.1 Å². The Labute approximate surface area is 236 Å². The fourth-order valence-corrected chi connectivity index (χ4v) is 6.65. The van der Waals surface area contributed by atoms with Crippen molar-refractivity contribution in [1.29, 1.82) is 0 Å². The van der Waals surface area contributed by atoms with Gasteiger partial charge in [0.2, 0.25) is 0 Å². The highest BCUT2D eigenvalue weighted by Gasteiger charge is 2.61. The van der Waals surface area contributed by atoms with E-state index in [1.54, 1.807) is 19.2 Å². The molecule has 2 atom stereocenters. The van der Waals surface area contributed by atoms with E-state index >= 15 is 0 Å². The van der Waals surface area contributed by atoms with E-state index in [0.29, 0.717) is 28.7 Å². The van der Waals surface area contributed by atoms with Crippen LogP contribution in [0.25, 0.3) is 0 Å². The first-order valence-corrected chi connectivity index (χ1v) is 13.6. The zero-order valence-electron chi connectivity index (χ0n) is 21.7. The molecule has 2 amide bonds. The van der Waals surface area contributed by atoms with E-state index in [4.69, 9.17) is 21.1 Å². The Balaban J connectivity index is 1.15. The topological polar surface area (TPSA) is 68.2 Å². The number of hydrazone groups is 1. The first kappa shape index (κ1) is 24.6. The zero-order valence-corrected chi connectivity index (χ0v) is 22.4. The first-order chi connectivity index (χ1) is 19.5. The molecule has 1 heterocycles. The third-order valence-electron chi connectivity index (χ3n) is 8.24. The van der Waals surface area contributed by atoms with Crippen LogP contribution in [0.4, 0.5) is 0 Å². The van der Waals surface area contributed by atoms with Gasteiger partial charge in [-0.05, 0) is 63.7 Å². The average molecular weight is 549 g/mol. The molecule has 4 aromatic carbocycles. The summed E-state index contributed by atoms with van der Waals surface area (Å²) in [5.74, 6) is -0.640. The van der Waals surface area contributed by atoms with Gasteiger partial charge in [-0.2, -0.15) is 10.1 Å². The molecule has 1 aliphatic heterocycles. The Morgan fingerprint density at radius 3 is 1.85 bits per heavy atom. The van der Waals surface area contributed by atoms with E-state index in [0.717, 1.165) is 32.8 Å². The zero-order chi connectivity index (χ0) is 27.4. The number of carbonyl (C=O) groups is 2. The second-order valence-corrected chi connectivity index (χ2v) is 10.8. The largest absolute Gasteiger partial charge is 0.493 e. The summed E-state index contributed by atoms with van der Waals surface area (Å²) < 4.78 is 11.5. The summed E-state index contributed by atoms with van der Waals surface area (Å²) in [5, 5.41) is 6.15. The third-order valence-corrected chi connectivity index (χ3v) is 8.49. The quantitative estimate of drug-likeness (QED) is 0.214. The van der Waals surface area contributed by atoms with Crippen molar-refractivity contribution in [1.82, 2.24) is 5.01 Å². The summed E-state index contributed by atoms with van der Waals surface area (Å²) in [6.07, 6.45) is 1.53. The van der Waals surface area contributed by atoms with Gasteiger partial charge in [-0.25, -0.2) is 0 Å². The number of imide groups is 1. The van der Waals surface area contributed by atoms with Gasteiger partial charge in [0.05, 0.1) is 25.2 Å². The summed E-state index contributed by atoms with van der Waals surface area (Å²) >= 11 is 5.97. The minimum Gasteiger partial charge on any atom is -0.493 e. The Hall–Kier alpha value is -4.42. The van der Waals surface area contributed by atoms with Gasteiger partial charge < -0.3 is 9.47 Å². The molecule has 1 saturated heterocycles. The number of carbonyl (C=O) groups excluding carboxylic acids is 2. The highest BCUT2D eigenvalue weighted by atomic mass is 35.5. The lowest BCUT2D eigenvalue weighted by Crippen LogP contribution is -2.41. The summed E-state index contributed by atoms with van der Waals surface area (Å²) in [4.78, 5) is 27.5. The molecule has 198 valence electrons. The molecule has 8 rings (SSSR count). The van der Waals surface area contributed by atoms with Crippen molar-refractivity contribution >= 4 is 29.6 Å². The van der Waals surface area contributed by atoms with E-state index in [9.17, 15) is 9.59 Å². The van der Waals surface area contributed by atoms with Crippen LogP contribution in [0.1, 0.15) is 45.2 Å². The van der Waals surface area contributed by atoms with Crippen molar-refractivity contribution in [3.63, 3.8) is 0 Å². The van der Waals surface area contributed by atoms with Crippen LogP contribution in [0.5, 0.6) is 11.5 Å². The molecule has 4 aliphatic rings. The monoisotopic (exact) mass is 548 g/mol. The van der Waals surface area contributed by atoms with Crippen LogP contribution >= 0.6 is 11.6 Å². The maximum atomic E-state index is 13.7. The number of ether oxygens (including phenoxy) is 2. The van der Waals surface area contributed by atoms with E-state index < -0.39 is 11.8 Å². The maximum Gasteiger partial charge on any atom is 0.254 e. The average Bonchev–Trinajstić information content (AvgIpc) is 3.25. The molecular weight excluding hydrogens is 524 g/mol. The van der Waals surface area contributed by atoms with Crippen molar-refractivity contribution in [2.45, 2.75) is 18.4 Å². The van der Waals surface area contributed by atoms with E-state index in [1.807, 2.05) is 54.6 Å². The van der Waals surface area contributed by atoms with Gasteiger partial charge in [-0.3, -0.25) is 9.59 Å². The van der Waals surface area contributed by atoms with Crippen LogP contribution in [0.2, 0.25) is 5.02 Å². The normalized spacial score (nSPS) is 22.3. The lowest BCUT2D eigenvalue weighted by molar-refractivity contribution is -0.139. The highest BCUT2D eigenvalue weighted by Crippen LogP contribution is 2.60. The molecule has 40 heavy (non-hydrogen) atoms. The number of benzene rings is 4. The van der Waals surface area contributed by atoms with Crippen LogP contribution in [-0.2, 0) is 16.2 Å². The molecule has 0 N–H and O–H groups in total. The molecule has 7 heteroatoms. The Kier molecular flexibility index (Phi) is 5.93. The summed E-state index contributed by atoms with van der Waals surface area (Å²) in [6.45, 7) is 0.355. The molecular formula is C33H25ClN2O4. The van der Waals surface area contributed by atoms with E-state index in [2.05, 4.69) is 29.4 Å². The Morgan fingerprint density at radius 1 is 0.775 bits per heavy atom. The number of rotatable bonds is 6. The van der Waals surface area contributed by atoms with Gasteiger partial charge in [0.1, 0.15) is 6.61 Å². The van der Waals surface area contributed by atoms with Crippen molar-refractivity contribution in [3.05, 3.63) is 129 Å². The molecule has 1 fully saturated rings. The third kappa shape index (κ3) is 3.82. The summed E-state index contributed by atoms with van der Waals surface area (Å²) in [6, 6.07) is 29.2. The van der Waals surface area contributed by atoms with Gasteiger partial charge in [0.25, 0.3) is 11.8 Å². The predicted molar refractivity (Wildman–Crippen MR) is 152 cm³/mol. The number of halogens is 1. The molecule has 0 spiro atoms. The first-order valence-electron chi connectivity index (χ1n) is 13.2. The Morgan fingerprint density at radius 2 is 1.32 bits per heavy atom. The lowest BCUT2D eigenvalue weighted by Gasteiger charge is -2.45. The van der Waals surface area contributed by atoms with Gasteiger partial charge in [0.15, 0.2) is 11.5 Å². The van der Waals surface area contributed by atoms with Gasteiger partial charge in [-0.15, -0.1) is 0 Å². The maximum absolute atomic E-state index is 13.7. The summed E-state index contributed by atoms with van der Waals surface area (Å²) in [5.41, 5.74) is 6.21. The van der Waals surface area contributed by atoms with Crippen LogP contribution in [0.3, 0.4) is 0 Å². The number of methoxy groups -OCH3 is 1. The van der Waals surface area contributed by atoms with Crippen molar-refractivity contribution in [2.24, 2.45) is 16.9 Å². The second kappa shape index (κ2) is 9.65. The molecule has 0 saturated carbocycles. The molecule has 3 aliphatic carbocycles. The van der Waals surface area contributed by atoms with Crippen molar-refractivity contribution < 1.29 is 19.1 Å². The van der Waals surface area contributed by atoms with Crippen LogP contribution in [0, 0.1) is 11.8 Å². The van der Waals surface area contributed by atoms with Crippen molar-refractivity contribution in [3.8, 4) is 11.5 Å². The number of amides is 2. The van der Waals surface area contributed by atoms with E-state index in [1.165, 1.54) is 6.21 Å². The minimum atomic E-state index is -0.461.